The van der Waals surface area contributed by atoms with E-state index >= 15 is 0 Å². The SMILES string of the molecule is Cc1ccc(S(=O)(=O)N(C)CC(=O)N(Cc2cccc(Cl)c2)C(Cc2ccccc2)C(=O)NC2CCCCC2)cc1. The van der Waals surface area contributed by atoms with Gasteiger partial charge in [0, 0.05) is 31.1 Å². The van der Waals surface area contributed by atoms with Crippen molar-refractivity contribution in [2.24, 2.45) is 0 Å². The number of hydrogen-bond acceptors (Lipinski definition) is 4. The molecule has 9 heteroatoms. The second-order valence-electron chi connectivity index (χ2n) is 10.8. The summed E-state index contributed by atoms with van der Waals surface area (Å²) in [4.78, 5) is 29.5. The van der Waals surface area contributed by atoms with Crippen LogP contribution < -0.4 is 5.32 Å². The molecule has 1 aliphatic carbocycles. The van der Waals surface area contributed by atoms with Gasteiger partial charge in [-0.2, -0.15) is 4.31 Å². The van der Waals surface area contributed by atoms with Crippen LogP contribution in [0.5, 0.6) is 0 Å². The van der Waals surface area contributed by atoms with Crippen LogP contribution in [0, 0.1) is 6.92 Å². The fraction of sp³-hybridized carbons (Fsp3) is 0.375. The number of carbonyl (C=O) groups is 2. The van der Waals surface area contributed by atoms with E-state index in [1.807, 2.05) is 43.3 Å². The zero-order valence-corrected chi connectivity index (χ0v) is 25.2. The standard InChI is InChI=1S/C32H38ClN3O4S/c1-24-16-18-29(19-17-24)41(39,40)35(2)23-31(37)36(22-26-12-9-13-27(33)20-26)30(21-25-10-5-3-6-11-25)32(38)34-28-14-7-4-8-15-28/h3,5-6,9-13,16-20,28,30H,4,7-8,14-15,21-23H2,1-2H3,(H,34,38). The molecule has 0 saturated heterocycles. The normalized spacial score (nSPS) is 14.9. The minimum Gasteiger partial charge on any atom is -0.352 e. The number of rotatable bonds is 11. The Hall–Kier alpha value is -3.20. The van der Waals surface area contributed by atoms with Crippen LogP contribution in [0.15, 0.2) is 83.8 Å². The highest BCUT2D eigenvalue weighted by Gasteiger charge is 2.34. The highest BCUT2D eigenvalue weighted by Crippen LogP contribution is 2.22. The number of hydrogen-bond donors (Lipinski definition) is 1. The van der Waals surface area contributed by atoms with Crippen LogP contribution in [0.3, 0.4) is 0 Å². The van der Waals surface area contributed by atoms with Crippen molar-refractivity contribution in [3.63, 3.8) is 0 Å². The molecule has 0 radical (unpaired) electrons. The molecule has 1 unspecified atom stereocenters. The quantitative estimate of drug-likeness (QED) is 0.323. The van der Waals surface area contributed by atoms with Crippen LogP contribution in [0.1, 0.15) is 48.8 Å². The van der Waals surface area contributed by atoms with Gasteiger partial charge in [0.1, 0.15) is 6.04 Å². The third-order valence-corrected chi connectivity index (χ3v) is 9.60. The van der Waals surface area contributed by atoms with Crippen molar-refractivity contribution < 1.29 is 18.0 Å². The smallest absolute Gasteiger partial charge is 0.243 e. The Kier molecular flexibility index (Phi) is 10.6. The number of carbonyl (C=O) groups excluding carboxylic acids is 2. The van der Waals surface area contributed by atoms with Crippen LogP contribution in [0.4, 0.5) is 0 Å². The number of nitrogens with one attached hydrogen (secondary N) is 1. The van der Waals surface area contributed by atoms with Gasteiger partial charge in [-0.05, 0) is 55.2 Å². The molecule has 1 saturated carbocycles. The van der Waals surface area contributed by atoms with Gasteiger partial charge in [-0.15, -0.1) is 0 Å². The Morgan fingerprint density at radius 3 is 2.24 bits per heavy atom. The Balaban J connectivity index is 1.66. The van der Waals surface area contributed by atoms with Gasteiger partial charge in [0.05, 0.1) is 11.4 Å². The molecule has 218 valence electrons. The second kappa shape index (κ2) is 14.1. The zero-order chi connectivity index (χ0) is 29.4. The topological polar surface area (TPSA) is 86.8 Å². The predicted molar refractivity (Wildman–Crippen MR) is 162 cm³/mol. The number of amides is 2. The third kappa shape index (κ3) is 8.41. The lowest BCUT2D eigenvalue weighted by Crippen LogP contribution is -2.54. The Morgan fingerprint density at radius 2 is 1.59 bits per heavy atom. The second-order valence-corrected chi connectivity index (χ2v) is 13.3. The Morgan fingerprint density at radius 1 is 0.927 bits per heavy atom. The molecule has 1 N–H and O–H groups in total. The third-order valence-electron chi connectivity index (χ3n) is 7.55. The lowest BCUT2D eigenvalue weighted by molar-refractivity contribution is -0.141. The van der Waals surface area contributed by atoms with E-state index in [1.165, 1.54) is 24.1 Å². The summed E-state index contributed by atoms with van der Waals surface area (Å²) >= 11 is 6.26. The van der Waals surface area contributed by atoms with Gasteiger partial charge < -0.3 is 10.2 Å². The van der Waals surface area contributed by atoms with Crippen molar-refractivity contribution in [2.75, 3.05) is 13.6 Å². The van der Waals surface area contributed by atoms with Crippen LogP contribution >= 0.6 is 11.6 Å². The number of halogens is 1. The number of likely N-dealkylation sites (N-methyl/N-ethyl adjacent to an activating group) is 1. The highest BCUT2D eigenvalue weighted by atomic mass is 35.5. The molecule has 1 fully saturated rings. The molecule has 0 spiro atoms. The fourth-order valence-electron chi connectivity index (χ4n) is 5.19. The van der Waals surface area contributed by atoms with Crippen molar-refractivity contribution >= 4 is 33.4 Å². The summed E-state index contributed by atoms with van der Waals surface area (Å²) in [7, 11) is -2.54. The van der Waals surface area contributed by atoms with E-state index < -0.39 is 28.5 Å². The Bertz CT molecular complexity index is 1420. The minimum atomic E-state index is -3.93. The number of benzene rings is 3. The van der Waals surface area contributed by atoms with E-state index in [4.69, 9.17) is 11.6 Å². The van der Waals surface area contributed by atoms with E-state index in [0.717, 1.165) is 53.1 Å². The van der Waals surface area contributed by atoms with E-state index in [9.17, 15) is 18.0 Å². The first-order chi connectivity index (χ1) is 19.6. The molecule has 4 rings (SSSR count). The summed E-state index contributed by atoms with van der Waals surface area (Å²) < 4.78 is 27.7. The van der Waals surface area contributed by atoms with Crippen LogP contribution in [-0.4, -0.2) is 55.1 Å². The highest BCUT2D eigenvalue weighted by molar-refractivity contribution is 7.89. The van der Waals surface area contributed by atoms with Crippen LogP contribution in [0.2, 0.25) is 5.02 Å². The van der Waals surface area contributed by atoms with E-state index in [2.05, 4.69) is 5.32 Å². The van der Waals surface area contributed by atoms with Gasteiger partial charge in [-0.1, -0.05) is 91.0 Å². The van der Waals surface area contributed by atoms with Gasteiger partial charge in [0.15, 0.2) is 0 Å². The lowest BCUT2D eigenvalue weighted by atomic mass is 9.94. The zero-order valence-electron chi connectivity index (χ0n) is 23.6. The predicted octanol–water partition coefficient (Wildman–Crippen LogP) is 5.36. The first-order valence-corrected chi connectivity index (χ1v) is 15.9. The van der Waals surface area contributed by atoms with Crippen LogP contribution in [0.25, 0.3) is 0 Å². The summed E-state index contributed by atoms with van der Waals surface area (Å²) in [6.07, 6.45) is 5.37. The van der Waals surface area contributed by atoms with Gasteiger partial charge >= 0.3 is 0 Å². The number of sulfonamides is 1. The Labute approximate surface area is 248 Å². The average Bonchev–Trinajstić information content (AvgIpc) is 2.96. The summed E-state index contributed by atoms with van der Waals surface area (Å²) in [6, 6.07) is 22.4. The van der Waals surface area contributed by atoms with Crippen molar-refractivity contribution in [1.82, 2.24) is 14.5 Å². The van der Waals surface area contributed by atoms with Gasteiger partial charge in [0.2, 0.25) is 21.8 Å². The molecule has 3 aromatic rings. The maximum Gasteiger partial charge on any atom is 0.243 e. The molecule has 0 bridgehead atoms. The molecule has 1 aliphatic rings. The molecule has 7 nitrogen and oxygen atoms in total. The van der Waals surface area contributed by atoms with Crippen molar-refractivity contribution in [1.29, 1.82) is 0 Å². The summed E-state index contributed by atoms with van der Waals surface area (Å²) in [6.45, 7) is 1.56. The lowest BCUT2D eigenvalue weighted by Gasteiger charge is -2.34. The maximum absolute atomic E-state index is 14.0. The van der Waals surface area contributed by atoms with E-state index in [-0.39, 0.29) is 23.4 Å². The maximum atomic E-state index is 14.0. The molecule has 41 heavy (non-hydrogen) atoms. The average molecular weight is 596 g/mol. The molecular formula is C32H38ClN3O4S. The van der Waals surface area contributed by atoms with Crippen molar-refractivity contribution in [3.8, 4) is 0 Å². The molecule has 3 aromatic carbocycles. The van der Waals surface area contributed by atoms with E-state index in [1.54, 1.807) is 30.3 Å². The molecule has 0 aromatic heterocycles. The number of aryl methyl sites for hydroxylation is 1. The first kappa shape index (κ1) is 30.8. The first-order valence-electron chi connectivity index (χ1n) is 14.0. The molecule has 1 atom stereocenters. The van der Waals surface area contributed by atoms with E-state index in [0.29, 0.717) is 11.4 Å². The largest absolute Gasteiger partial charge is 0.352 e. The molecular weight excluding hydrogens is 558 g/mol. The number of nitrogens with zero attached hydrogens (tertiary/aromatic N) is 2. The molecule has 0 heterocycles. The summed E-state index contributed by atoms with van der Waals surface area (Å²) in [5.74, 6) is -0.705. The minimum absolute atomic E-state index is 0.0576. The summed E-state index contributed by atoms with van der Waals surface area (Å²) in [5, 5.41) is 3.71. The summed E-state index contributed by atoms with van der Waals surface area (Å²) in [5.41, 5.74) is 2.59. The van der Waals surface area contributed by atoms with Gasteiger partial charge in [-0.25, -0.2) is 8.42 Å². The van der Waals surface area contributed by atoms with Crippen LogP contribution in [-0.2, 0) is 32.6 Å². The van der Waals surface area contributed by atoms with Crippen molar-refractivity contribution in [3.05, 3.63) is 101 Å². The van der Waals surface area contributed by atoms with Gasteiger partial charge in [-0.3, -0.25) is 9.59 Å². The van der Waals surface area contributed by atoms with Gasteiger partial charge in [0.25, 0.3) is 0 Å². The van der Waals surface area contributed by atoms with Crippen molar-refractivity contribution in [2.45, 2.75) is 69.0 Å². The monoisotopic (exact) mass is 595 g/mol. The fourth-order valence-corrected chi connectivity index (χ4v) is 6.52. The molecule has 0 aliphatic heterocycles. The molecule has 2 amide bonds.